The number of aryl methyl sites for hydroxylation is 2. The van der Waals surface area contributed by atoms with Crippen molar-refractivity contribution in [2.24, 2.45) is 5.92 Å². The Morgan fingerprint density at radius 3 is 2.40 bits per heavy atom. The predicted octanol–water partition coefficient (Wildman–Crippen LogP) is 3.28. The Labute approximate surface area is 97.1 Å². The van der Waals surface area contributed by atoms with E-state index >= 15 is 0 Å². The maximum atomic E-state index is 4.52. The summed E-state index contributed by atoms with van der Waals surface area (Å²) in [5.41, 5.74) is 1.17. The zero-order valence-corrected chi connectivity index (χ0v) is 11.2. The normalized spacial score (nSPS) is 13.5. The highest BCUT2D eigenvalue weighted by molar-refractivity contribution is 7.11. The van der Waals surface area contributed by atoms with E-state index in [1.807, 2.05) is 0 Å². The highest BCUT2D eigenvalue weighted by Gasteiger charge is 2.07. The summed E-state index contributed by atoms with van der Waals surface area (Å²) >= 11 is 1.80. The summed E-state index contributed by atoms with van der Waals surface area (Å²) in [5.74, 6) is 0.757. The van der Waals surface area contributed by atoms with Crippen molar-refractivity contribution in [2.75, 3.05) is 0 Å². The van der Waals surface area contributed by atoms with E-state index in [-0.39, 0.29) is 0 Å². The van der Waals surface area contributed by atoms with E-state index in [1.54, 1.807) is 11.3 Å². The second-order valence-corrected chi connectivity index (χ2v) is 5.95. The molecule has 1 aromatic rings. The number of thiazole rings is 1. The van der Waals surface area contributed by atoms with Crippen LogP contribution in [0.5, 0.6) is 0 Å². The van der Waals surface area contributed by atoms with Crippen LogP contribution < -0.4 is 5.32 Å². The molecule has 0 amide bonds. The summed E-state index contributed by atoms with van der Waals surface area (Å²) in [7, 11) is 0. The first kappa shape index (κ1) is 12.7. The third-order valence-corrected chi connectivity index (χ3v) is 3.57. The van der Waals surface area contributed by atoms with Gasteiger partial charge in [0.1, 0.15) is 5.01 Å². The molecular weight excluding hydrogens is 204 g/mol. The van der Waals surface area contributed by atoms with Crippen molar-refractivity contribution in [1.82, 2.24) is 10.3 Å². The quantitative estimate of drug-likeness (QED) is 0.833. The fourth-order valence-electron chi connectivity index (χ4n) is 1.67. The van der Waals surface area contributed by atoms with E-state index in [4.69, 9.17) is 0 Å². The molecular formula is C12H22N2S. The van der Waals surface area contributed by atoms with E-state index in [0.29, 0.717) is 6.04 Å². The Morgan fingerprint density at radius 1 is 1.27 bits per heavy atom. The molecule has 0 spiro atoms. The molecule has 0 saturated heterocycles. The van der Waals surface area contributed by atoms with Crippen LogP contribution in [0, 0.1) is 19.8 Å². The van der Waals surface area contributed by atoms with E-state index in [1.165, 1.54) is 22.0 Å². The van der Waals surface area contributed by atoms with Gasteiger partial charge in [0, 0.05) is 17.5 Å². The first-order valence-electron chi connectivity index (χ1n) is 5.65. The van der Waals surface area contributed by atoms with Crippen LogP contribution >= 0.6 is 11.3 Å². The van der Waals surface area contributed by atoms with Crippen molar-refractivity contribution >= 4 is 11.3 Å². The fourth-order valence-corrected chi connectivity index (χ4v) is 2.55. The van der Waals surface area contributed by atoms with Crippen molar-refractivity contribution in [3.63, 3.8) is 0 Å². The van der Waals surface area contributed by atoms with Crippen LogP contribution in [-0.2, 0) is 6.54 Å². The van der Waals surface area contributed by atoms with E-state index < -0.39 is 0 Å². The van der Waals surface area contributed by atoms with Gasteiger partial charge in [-0.1, -0.05) is 13.8 Å². The minimum Gasteiger partial charge on any atom is -0.308 e. The summed E-state index contributed by atoms with van der Waals surface area (Å²) in [6.07, 6.45) is 1.23. The van der Waals surface area contributed by atoms with Gasteiger partial charge in [-0.15, -0.1) is 11.3 Å². The molecule has 0 aliphatic carbocycles. The molecule has 1 atom stereocenters. The molecule has 0 aliphatic rings. The highest BCUT2D eigenvalue weighted by atomic mass is 32.1. The number of hydrogen-bond acceptors (Lipinski definition) is 3. The SMILES string of the molecule is Cc1nc(CNC(C)CC(C)C)sc1C. The van der Waals surface area contributed by atoms with Crippen LogP contribution in [0.1, 0.15) is 42.8 Å². The van der Waals surface area contributed by atoms with E-state index in [2.05, 4.69) is 44.9 Å². The molecule has 1 aromatic heterocycles. The van der Waals surface area contributed by atoms with Gasteiger partial charge >= 0.3 is 0 Å². The molecule has 1 N–H and O–H groups in total. The lowest BCUT2D eigenvalue weighted by Crippen LogP contribution is -2.26. The van der Waals surface area contributed by atoms with Gasteiger partial charge in [0.2, 0.25) is 0 Å². The molecule has 86 valence electrons. The fraction of sp³-hybridized carbons (Fsp3) is 0.750. The zero-order chi connectivity index (χ0) is 11.4. The van der Waals surface area contributed by atoms with Crippen molar-refractivity contribution in [1.29, 1.82) is 0 Å². The summed E-state index contributed by atoms with van der Waals surface area (Å²) in [4.78, 5) is 5.85. The van der Waals surface area contributed by atoms with Gasteiger partial charge in [0.15, 0.2) is 0 Å². The molecule has 0 aliphatic heterocycles. The number of nitrogens with zero attached hydrogens (tertiary/aromatic N) is 1. The van der Waals surface area contributed by atoms with Gasteiger partial charge in [-0.3, -0.25) is 0 Å². The molecule has 0 radical (unpaired) electrons. The number of aromatic nitrogens is 1. The standard InChI is InChI=1S/C12H22N2S/c1-8(2)6-9(3)13-7-12-14-10(4)11(5)15-12/h8-9,13H,6-7H2,1-5H3. The molecule has 0 bridgehead atoms. The lowest BCUT2D eigenvalue weighted by atomic mass is 10.1. The third kappa shape index (κ3) is 4.31. The topological polar surface area (TPSA) is 24.9 Å². The molecule has 0 fully saturated rings. The maximum Gasteiger partial charge on any atom is 0.107 e. The predicted molar refractivity (Wildman–Crippen MR) is 67.3 cm³/mol. The Bertz CT molecular complexity index is 285. The Balaban J connectivity index is 2.36. The largest absolute Gasteiger partial charge is 0.308 e. The molecule has 15 heavy (non-hydrogen) atoms. The van der Waals surface area contributed by atoms with E-state index in [9.17, 15) is 0 Å². The summed E-state index contributed by atoms with van der Waals surface area (Å²) < 4.78 is 0. The molecule has 0 aromatic carbocycles. The minimum absolute atomic E-state index is 0.578. The zero-order valence-electron chi connectivity index (χ0n) is 10.4. The van der Waals surface area contributed by atoms with Crippen LogP contribution in [0.3, 0.4) is 0 Å². The maximum absolute atomic E-state index is 4.52. The number of rotatable bonds is 5. The third-order valence-electron chi connectivity index (χ3n) is 2.50. The van der Waals surface area contributed by atoms with E-state index in [0.717, 1.165) is 12.5 Å². The summed E-state index contributed by atoms with van der Waals surface area (Å²) in [6, 6.07) is 0.578. The molecule has 2 nitrogen and oxygen atoms in total. The van der Waals surface area contributed by atoms with Crippen molar-refractivity contribution in [3.05, 3.63) is 15.6 Å². The Kier molecular flexibility index (Phi) is 4.74. The van der Waals surface area contributed by atoms with Crippen molar-refractivity contribution < 1.29 is 0 Å². The molecule has 1 rings (SSSR count). The van der Waals surface area contributed by atoms with Crippen molar-refractivity contribution in [3.8, 4) is 0 Å². The average Bonchev–Trinajstić information content (AvgIpc) is 2.42. The molecule has 3 heteroatoms. The highest BCUT2D eigenvalue weighted by Crippen LogP contribution is 2.16. The smallest absolute Gasteiger partial charge is 0.107 e. The second kappa shape index (κ2) is 5.61. The first-order valence-corrected chi connectivity index (χ1v) is 6.47. The average molecular weight is 226 g/mol. The number of nitrogens with one attached hydrogen (secondary N) is 1. The first-order chi connectivity index (χ1) is 6.99. The van der Waals surface area contributed by atoms with Crippen LogP contribution in [0.15, 0.2) is 0 Å². The molecule has 0 saturated carbocycles. The van der Waals surface area contributed by atoms with Crippen LogP contribution in [0.25, 0.3) is 0 Å². The van der Waals surface area contributed by atoms with Gasteiger partial charge in [-0.2, -0.15) is 0 Å². The summed E-state index contributed by atoms with van der Waals surface area (Å²) in [5, 5.41) is 4.73. The van der Waals surface area contributed by atoms with Crippen molar-refractivity contribution in [2.45, 2.75) is 53.6 Å². The molecule has 1 unspecified atom stereocenters. The Hall–Kier alpha value is -0.410. The van der Waals surface area contributed by atoms with Crippen LogP contribution in [0.4, 0.5) is 0 Å². The van der Waals surface area contributed by atoms with Gasteiger partial charge < -0.3 is 5.32 Å². The molecule has 1 heterocycles. The minimum atomic E-state index is 0.578. The summed E-state index contributed by atoms with van der Waals surface area (Å²) in [6.45, 7) is 11.9. The van der Waals surface area contributed by atoms with Crippen LogP contribution in [-0.4, -0.2) is 11.0 Å². The lowest BCUT2D eigenvalue weighted by molar-refractivity contribution is 0.441. The van der Waals surface area contributed by atoms with Gasteiger partial charge in [0.25, 0.3) is 0 Å². The van der Waals surface area contributed by atoms with Gasteiger partial charge in [-0.25, -0.2) is 4.98 Å². The Morgan fingerprint density at radius 2 is 1.93 bits per heavy atom. The monoisotopic (exact) mass is 226 g/mol. The van der Waals surface area contributed by atoms with Gasteiger partial charge in [-0.05, 0) is 33.1 Å². The number of hydrogen-bond donors (Lipinski definition) is 1. The second-order valence-electron chi connectivity index (χ2n) is 4.66. The van der Waals surface area contributed by atoms with Crippen LogP contribution in [0.2, 0.25) is 0 Å². The van der Waals surface area contributed by atoms with Gasteiger partial charge in [0.05, 0.1) is 5.69 Å². The lowest BCUT2D eigenvalue weighted by Gasteiger charge is -2.14.